The lowest BCUT2D eigenvalue weighted by atomic mass is 9.90. The van der Waals surface area contributed by atoms with Gasteiger partial charge in [0.15, 0.2) is 6.10 Å². The summed E-state index contributed by atoms with van der Waals surface area (Å²) in [5.74, 6) is 1.52. The molecule has 7 heteroatoms. The van der Waals surface area contributed by atoms with Crippen LogP contribution in [0.15, 0.2) is 24.3 Å². The van der Waals surface area contributed by atoms with Crippen LogP contribution in [-0.2, 0) is 4.79 Å². The summed E-state index contributed by atoms with van der Waals surface area (Å²) in [6.07, 6.45) is 5.48. The predicted molar refractivity (Wildman–Crippen MR) is 97.4 cm³/mol. The Hall–Kier alpha value is -2.15. The molecule has 0 radical (unpaired) electrons. The van der Waals surface area contributed by atoms with Crippen LogP contribution in [-0.4, -0.2) is 29.3 Å². The highest BCUT2D eigenvalue weighted by atomic mass is 32.1. The summed E-state index contributed by atoms with van der Waals surface area (Å²) < 4.78 is 10.8. The molecule has 134 valence electrons. The normalized spacial score (nSPS) is 16.2. The first-order valence-corrected chi connectivity index (χ1v) is 9.42. The number of nitrogens with zero attached hydrogens (tertiary/aromatic N) is 2. The molecule has 1 saturated carbocycles. The van der Waals surface area contributed by atoms with Crippen molar-refractivity contribution in [3.8, 4) is 11.5 Å². The number of carbonyl (C=O) groups is 1. The van der Waals surface area contributed by atoms with Gasteiger partial charge in [0, 0.05) is 12.0 Å². The van der Waals surface area contributed by atoms with Gasteiger partial charge < -0.3 is 9.47 Å². The molecular formula is C18H23N3O3S. The number of hydrogen-bond acceptors (Lipinski definition) is 6. The smallest absolute Gasteiger partial charge is 0.266 e. The first kappa shape index (κ1) is 17.7. The molecule has 1 atom stereocenters. The molecule has 1 aromatic carbocycles. The Kier molecular flexibility index (Phi) is 5.86. The van der Waals surface area contributed by atoms with Crippen molar-refractivity contribution in [1.29, 1.82) is 0 Å². The van der Waals surface area contributed by atoms with Crippen LogP contribution in [0.1, 0.15) is 50.0 Å². The number of anilines is 1. The van der Waals surface area contributed by atoms with E-state index in [1.54, 1.807) is 26.2 Å². The molecule has 1 unspecified atom stereocenters. The Morgan fingerprint density at radius 3 is 2.76 bits per heavy atom. The number of rotatable bonds is 6. The summed E-state index contributed by atoms with van der Waals surface area (Å²) in [6.45, 7) is 1.71. The third kappa shape index (κ3) is 4.69. The van der Waals surface area contributed by atoms with Crippen LogP contribution in [0.3, 0.4) is 0 Å². The molecule has 1 N–H and O–H groups in total. The van der Waals surface area contributed by atoms with Crippen LogP contribution in [0.4, 0.5) is 5.13 Å². The first-order chi connectivity index (χ1) is 12.2. The Morgan fingerprint density at radius 2 is 2.00 bits per heavy atom. The maximum absolute atomic E-state index is 12.3. The van der Waals surface area contributed by atoms with E-state index in [1.165, 1.54) is 30.6 Å². The van der Waals surface area contributed by atoms with Crippen molar-refractivity contribution in [2.45, 2.75) is 51.0 Å². The summed E-state index contributed by atoms with van der Waals surface area (Å²) in [7, 11) is 1.59. The minimum absolute atomic E-state index is 0.242. The summed E-state index contributed by atoms with van der Waals surface area (Å²) in [5, 5.41) is 12.7. The second kappa shape index (κ2) is 8.29. The SMILES string of the molecule is COc1cccc(OC(C)C(=O)Nc2nnc(C3CCCCC3)s2)c1. The van der Waals surface area contributed by atoms with E-state index >= 15 is 0 Å². The van der Waals surface area contributed by atoms with Crippen molar-refractivity contribution in [3.63, 3.8) is 0 Å². The van der Waals surface area contributed by atoms with E-state index in [2.05, 4.69) is 15.5 Å². The quantitative estimate of drug-likeness (QED) is 0.842. The molecule has 1 aromatic heterocycles. The lowest BCUT2D eigenvalue weighted by Gasteiger charge is -2.18. The van der Waals surface area contributed by atoms with E-state index in [-0.39, 0.29) is 5.91 Å². The number of benzene rings is 1. The zero-order valence-corrected chi connectivity index (χ0v) is 15.3. The van der Waals surface area contributed by atoms with Crippen LogP contribution in [0, 0.1) is 0 Å². The molecule has 0 spiro atoms. The van der Waals surface area contributed by atoms with Crippen LogP contribution < -0.4 is 14.8 Å². The maximum Gasteiger partial charge on any atom is 0.266 e. The fourth-order valence-electron chi connectivity index (χ4n) is 2.94. The highest BCUT2D eigenvalue weighted by molar-refractivity contribution is 7.15. The molecular weight excluding hydrogens is 338 g/mol. The predicted octanol–water partition coefficient (Wildman–Crippen LogP) is 4.00. The molecule has 3 rings (SSSR count). The summed E-state index contributed by atoms with van der Waals surface area (Å²) in [6, 6.07) is 7.18. The van der Waals surface area contributed by atoms with E-state index in [0.29, 0.717) is 22.5 Å². The number of aromatic nitrogens is 2. The van der Waals surface area contributed by atoms with Gasteiger partial charge in [-0.1, -0.05) is 36.7 Å². The van der Waals surface area contributed by atoms with Gasteiger partial charge in [-0.15, -0.1) is 10.2 Å². The first-order valence-electron chi connectivity index (χ1n) is 8.60. The minimum atomic E-state index is -0.644. The van der Waals surface area contributed by atoms with Crippen molar-refractivity contribution in [1.82, 2.24) is 10.2 Å². The van der Waals surface area contributed by atoms with Crippen molar-refractivity contribution >= 4 is 22.4 Å². The fourth-order valence-corrected chi connectivity index (χ4v) is 3.85. The summed E-state index contributed by atoms with van der Waals surface area (Å²) in [5.41, 5.74) is 0. The highest BCUT2D eigenvalue weighted by Gasteiger charge is 2.21. The van der Waals surface area contributed by atoms with Gasteiger partial charge in [-0.25, -0.2) is 0 Å². The molecule has 1 amide bonds. The Morgan fingerprint density at radius 1 is 1.24 bits per heavy atom. The molecule has 0 aliphatic heterocycles. The van der Waals surface area contributed by atoms with Gasteiger partial charge in [0.2, 0.25) is 5.13 Å². The maximum atomic E-state index is 12.3. The number of amides is 1. The molecule has 6 nitrogen and oxygen atoms in total. The molecule has 2 aromatic rings. The molecule has 25 heavy (non-hydrogen) atoms. The fraction of sp³-hybridized carbons (Fsp3) is 0.500. The van der Waals surface area contributed by atoms with Gasteiger partial charge in [0.05, 0.1) is 7.11 Å². The molecule has 1 aliphatic rings. The number of ether oxygens (including phenoxy) is 2. The number of hydrogen-bond donors (Lipinski definition) is 1. The van der Waals surface area contributed by atoms with Crippen molar-refractivity contribution in [2.24, 2.45) is 0 Å². The van der Waals surface area contributed by atoms with Crippen molar-refractivity contribution in [2.75, 3.05) is 12.4 Å². The van der Waals surface area contributed by atoms with Gasteiger partial charge in [0.25, 0.3) is 5.91 Å². The van der Waals surface area contributed by atoms with Crippen molar-refractivity contribution < 1.29 is 14.3 Å². The lowest BCUT2D eigenvalue weighted by Crippen LogP contribution is -2.30. The van der Waals surface area contributed by atoms with Gasteiger partial charge in [-0.05, 0) is 31.9 Å². The van der Waals surface area contributed by atoms with Crippen molar-refractivity contribution in [3.05, 3.63) is 29.3 Å². The topological polar surface area (TPSA) is 73.3 Å². The van der Waals surface area contributed by atoms with Gasteiger partial charge in [-0.2, -0.15) is 0 Å². The van der Waals surface area contributed by atoms with Crippen LogP contribution in [0.5, 0.6) is 11.5 Å². The van der Waals surface area contributed by atoms with Crippen LogP contribution >= 0.6 is 11.3 Å². The second-order valence-corrected chi connectivity index (χ2v) is 7.22. The number of carbonyl (C=O) groups excluding carboxylic acids is 1. The second-order valence-electron chi connectivity index (χ2n) is 6.21. The van der Waals surface area contributed by atoms with E-state index in [4.69, 9.17) is 9.47 Å². The molecule has 1 heterocycles. The Balaban J connectivity index is 1.56. The molecule has 0 bridgehead atoms. The van der Waals surface area contributed by atoms with Gasteiger partial charge in [-0.3, -0.25) is 10.1 Å². The monoisotopic (exact) mass is 361 g/mol. The summed E-state index contributed by atoms with van der Waals surface area (Å²) in [4.78, 5) is 12.3. The zero-order valence-electron chi connectivity index (χ0n) is 14.5. The molecule has 0 saturated heterocycles. The zero-order chi connectivity index (χ0) is 17.6. The largest absolute Gasteiger partial charge is 0.497 e. The summed E-state index contributed by atoms with van der Waals surface area (Å²) >= 11 is 1.47. The highest BCUT2D eigenvalue weighted by Crippen LogP contribution is 2.35. The van der Waals surface area contributed by atoms with Gasteiger partial charge >= 0.3 is 0 Å². The lowest BCUT2D eigenvalue weighted by molar-refractivity contribution is -0.122. The Bertz CT molecular complexity index is 713. The van der Waals surface area contributed by atoms with Gasteiger partial charge in [0.1, 0.15) is 16.5 Å². The van der Waals surface area contributed by atoms with E-state index < -0.39 is 6.10 Å². The third-order valence-electron chi connectivity index (χ3n) is 4.35. The van der Waals surface area contributed by atoms with E-state index in [9.17, 15) is 4.79 Å². The average molecular weight is 361 g/mol. The standard InChI is InChI=1S/C18H23N3O3S/c1-12(24-15-10-6-9-14(11-15)23-2)16(22)19-18-21-20-17(25-18)13-7-4-3-5-8-13/h6,9-13H,3-5,7-8H2,1-2H3,(H,19,21,22). The minimum Gasteiger partial charge on any atom is -0.497 e. The number of methoxy groups -OCH3 is 1. The average Bonchev–Trinajstić information content (AvgIpc) is 3.11. The number of nitrogens with one attached hydrogen (secondary N) is 1. The van der Waals surface area contributed by atoms with Crippen LogP contribution in [0.25, 0.3) is 0 Å². The third-order valence-corrected chi connectivity index (χ3v) is 5.35. The van der Waals surface area contributed by atoms with E-state index in [0.717, 1.165) is 17.8 Å². The van der Waals surface area contributed by atoms with Crippen LogP contribution in [0.2, 0.25) is 0 Å². The molecule has 1 fully saturated rings. The van der Waals surface area contributed by atoms with E-state index in [1.807, 2.05) is 12.1 Å². The Labute approximate surface area is 151 Å². The molecule has 1 aliphatic carbocycles.